The number of aromatic nitrogens is 4. The molecular weight excluding hydrogens is 303 g/mol. The third-order valence-corrected chi connectivity index (χ3v) is 4.12. The van der Waals surface area contributed by atoms with Crippen molar-refractivity contribution in [2.75, 3.05) is 0 Å². The van der Waals surface area contributed by atoms with Crippen LogP contribution in [0.4, 0.5) is 4.39 Å². The van der Waals surface area contributed by atoms with Crippen molar-refractivity contribution in [2.24, 2.45) is 0 Å². The van der Waals surface area contributed by atoms with Gasteiger partial charge in [-0.15, -0.1) is 0 Å². The van der Waals surface area contributed by atoms with Crippen LogP contribution in [0.1, 0.15) is 11.5 Å². The Balaban J connectivity index is 1.73. The molecule has 0 unspecified atom stereocenters. The van der Waals surface area contributed by atoms with E-state index in [0.29, 0.717) is 11.9 Å². The number of aryl methyl sites for hydroxylation is 1. The average molecular weight is 318 g/mol. The van der Waals surface area contributed by atoms with E-state index in [4.69, 9.17) is 0 Å². The molecule has 0 atom stereocenters. The smallest absolute Gasteiger partial charge is 0.131 e. The van der Waals surface area contributed by atoms with Gasteiger partial charge in [0, 0.05) is 23.3 Å². The molecule has 0 aliphatic rings. The summed E-state index contributed by atoms with van der Waals surface area (Å²) in [7, 11) is 0. The number of hydrogen-bond acceptors (Lipinski definition) is 3. The van der Waals surface area contributed by atoms with Crippen molar-refractivity contribution in [3.63, 3.8) is 0 Å². The van der Waals surface area contributed by atoms with Gasteiger partial charge in [0.2, 0.25) is 0 Å². The number of nitrogens with zero attached hydrogens (tertiary/aromatic N) is 4. The molecule has 0 saturated heterocycles. The van der Waals surface area contributed by atoms with Crippen molar-refractivity contribution in [1.29, 1.82) is 0 Å². The largest absolute Gasteiger partial charge is 0.329 e. The highest BCUT2D eigenvalue weighted by atomic mass is 19.1. The highest BCUT2D eigenvalue weighted by Crippen LogP contribution is 2.26. The Morgan fingerprint density at radius 1 is 1.08 bits per heavy atom. The zero-order valence-corrected chi connectivity index (χ0v) is 13.1. The average Bonchev–Trinajstić information content (AvgIpc) is 3.00. The van der Waals surface area contributed by atoms with Gasteiger partial charge in [0.25, 0.3) is 0 Å². The van der Waals surface area contributed by atoms with Crippen molar-refractivity contribution in [1.82, 2.24) is 19.7 Å². The number of hydrogen-bond donors (Lipinski definition) is 0. The minimum atomic E-state index is -0.217. The first kappa shape index (κ1) is 14.5. The Bertz CT molecular complexity index is 1020. The Kier molecular flexibility index (Phi) is 3.54. The van der Waals surface area contributed by atoms with Crippen LogP contribution in [-0.2, 0) is 6.54 Å². The Morgan fingerprint density at radius 2 is 2.00 bits per heavy atom. The molecule has 2 heterocycles. The quantitative estimate of drug-likeness (QED) is 0.574. The predicted molar refractivity (Wildman–Crippen MR) is 91.0 cm³/mol. The molecule has 118 valence electrons. The van der Waals surface area contributed by atoms with Gasteiger partial charge >= 0.3 is 0 Å². The van der Waals surface area contributed by atoms with Crippen molar-refractivity contribution in [2.45, 2.75) is 13.5 Å². The maximum Gasteiger partial charge on any atom is 0.131 e. The Labute approximate surface area is 138 Å². The Hall–Kier alpha value is -3.08. The van der Waals surface area contributed by atoms with E-state index in [1.807, 2.05) is 48.0 Å². The molecule has 0 aliphatic carbocycles. The van der Waals surface area contributed by atoms with Gasteiger partial charge in [0.05, 0.1) is 18.4 Å². The number of imidazole rings is 1. The molecule has 0 radical (unpaired) electrons. The first-order valence-corrected chi connectivity index (χ1v) is 7.69. The van der Waals surface area contributed by atoms with Crippen LogP contribution in [0.15, 0.2) is 61.1 Å². The molecule has 0 bridgehead atoms. The summed E-state index contributed by atoms with van der Waals surface area (Å²) in [5.74, 6) is 0.709. The molecule has 2 aromatic carbocycles. The van der Waals surface area contributed by atoms with Crippen LogP contribution in [0.3, 0.4) is 0 Å². The lowest BCUT2D eigenvalue weighted by molar-refractivity contribution is 0.640. The van der Waals surface area contributed by atoms with Crippen molar-refractivity contribution in [3.05, 3.63) is 78.4 Å². The van der Waals surface area contributed by atoms with Gasteiger partial charge in [-0.3, -0.25) is 0 Å². The molecule has 0 fully saturated rings. The minimum absolute atomic E-state index is 0.217. The molecule has 0 aliphatic heterocycles. The van der Waals surface area contributed by atoms with Crippen LogP contribution in [0, 0.1) is 12.7 Å². The monoisotopic (exact) mass is 318 g/mol. The van der Waals surface area contributed by atoms with Gasteiger partial charge in [-0.05, 0) is 36.1 Å². The molecule has 0 spiro atoms. The van der Waals surface area contributed by atoms with E-state index < -0.39 is 0 Å². The third kappa shape index (κ3) is 2.65. The SMILES string of the molecule is Cc1nccn1Cc1cc(-c2ccc3cccc(F)c3c2)cnn1. The molecule has 24 heavy (non-hydrogen) atoms. The second kappa shape index (κ2) is 5.85. The summed E-state index contributed by atoms with van der Waals surface area (Å²) >= 11 is 0. The Morgan fingerprint density at radius 3 is 2.83 bits per heavy atom. The maximum absolute atomic E-state index is 14.0. The molecule has 0 N–H and O–H groups in total. The summed E-state index contributed by atoms with van der Waals surface area (Å²) in [6, 6.07) is 12.8. The van der Waals surface area contributed by atoms with Crippen LogP contribution in [0.2, 0.25) is 0 Å². The van der Waals surface area contributed by atoms with E-state index >= 15 is 0 Å². The minimum Gasteiger partial charge on any atom is -0.329 e. The molecule has 0 amide bonds. The highest BCUT2D eigenvalue weighted by molar-refractivity contribution is 5.87. The van der Waals surface area contributed by atoms with E-state index in [1.165, 1.54) is 6.07 Å². The van der Waals surface area contributed by atoms with Gasteiger partial charge < -0.3 is 4.57 Å². The fourth-order valence-electron chi connectivity index (χ4n) is 2.81. The first-order valence-electron chi connectivity index (χ1n) is 7.69. The van der Waals surface area contributed by atoms with E-state index in [9.17, 15) is 4.39 Å². The van der Waals surface area contributed by atoms with Gasteiger partial charge in [-0.1, -0.05) is 24.3 Å². The lowest BCUT2D eigenvalue weighted by atomic mass is 10.0. The van der Waals surface area contributed by atoms with Gasteiger partial charge in [0.15, 0.2) is 0 Å². The van der Waals surface area contributed by atoms with Crippen LogP contribution in [0.25, 0.3) is 21.9 Å². The standard InChI is InChI=1S/C19H15FN4/c1-13-21-7-8-24(13)12-17-9-16(11-22-23-17)15-6-5-14-3-2-4-19(20)18(14)10-15/h2-11H,12H2,1H3. The van der Waals surface area contributed by atoms with Gasteiger partial charge in [-0.2, -0.15) is 10.2 Å². The zero-order valence-electron chi connectivity index (χ0n) is 13.1. The molecule has 4 nitrogen and oxygen atoms in total. The number of benzene rings is 2. The number of fused-ring (bicyclic) bond motifs is 1. The number of halogens is 1. The first-order chi connectivity index (χ1) is 11.7. The lowest BCUT2D eigenvalue weighted by Gasteiger charge is -2.07. The van der Waals surface area contributed by atoms with Crippen LogP contribution in [0.5, 0.6) is 0 Å². The van der Waals surface area contributed by atoms with Gasteiger partial charge in [-0.25, -0.2) is 9.37 Å². The second-order valence-corrected chi connectivity index (χ2v) is 5.71. The lowest BCUT2D eigenvalue weighted by Crippen LogP contribution is -2.04. The summed E-state index contributed by atoms with van der Waals surface area (Å²) in [4.78, 5) is 4.21. The topological polar surface area (TPSA) is 43.6 Å². The fraction of sp³-hybridized carbons (Fsp3) is 0.105. The zero-order chi connectivity index (χ0) is 16.5. The molecule has 4 aromatic rings. The second-order valence-electron chi connectivity index (χ2n) is 5.71. The normalized spacial score (nSPS) is 11.1. The van der Waals surface area contributed by atoms with Crippen molar-refractivity contribution < 1.29 is 4.39 Å². The van der Waals surface area contributed by atoms with Crippen LogP contribution < -0.4 is 0 Å². The maximum atomic E-state index is 14.0. The summed E-state index contributed by atoms with van der Waals surface area (Å²) in [6.07, 6.45) is 5.38. The van der Waals surface area contributed by atoms with Crippen LogP contribution in [-0.4, -0.2) is 19.7 Å². The van der Waals surface area contributed by atoms with E-state index in [2.05, 4.69) is 15.2 Å². The number of rotatable bonds is 3. The van der Waals surface area contributed by atoms with E-state index in [-0.39, 0.29) is 5.82 Å². The molecule has 2 aromatic heterocycles. The summed E-state index contributed by atoms with van der Waals surface area (Å²) in [6.45, 7) is 2.55. The molecule has 5 heteroatoms. The molecule has 0 saturated carbocycles. The highest BCUT2D eigenvalue weighted by Gasteiger charge is 2.07. The van der Waals surface area contributed by atoms with Crippen molar-refractivity contribution in [3.8, 4) is 11.1 Å². The summed E-state index contributed by atoms with van der Waals surface area (Å²) in [5, 5.41) is 9.78. The fourth-order valence-corrected chi connectivity index (χ4v) is 2.81. The van der Waals surface area contributed by atoms with E-state index in [0.717, 1.165) is 28.0 Å². The molecule has 4 rings (SSSR count). The van der Waals surface area contributed by atoms with E-state index in [1.54, 1.807) is 18.5 Å². The predicted octanol–water partition coefficient (Wildman–Crippen LogP) is 3.99. The summed E-state index contributed by atoms with van der Waals surface area (Å²) in [5.41, 5.74) is 2.68. The molecular formula is C19H15FN4. The van der Waals surface area contributed by atoms with Crippen LogP contribution >= 0.6 is 0 Å². The van der Waals surface area contributed by atoms with Crippen molar-refractivity contribution >= 4 is 10.8 Å². The summed E-state index contributed by atoms with van der Waals surface area (Å²) < 4.78 is 16.0. The third-order valence-electron chi connectivity index (χ3n) is 4.12. The van der Waals surface area contributed by atoms with Gasteiger partial charge in [0.1, 0.15) is 11.6 Å².